The Hall–Kier alpha value is -2.81. The Labute approximate surface area is 118 Å². The quantitative estimate of drug-likeness (QED) is 0.431. The van der Waals surface area contributed by atoms with Crippen LogP contribution < -0.4 is 5.11 Å². The second kappa shape index (κ2) is 6.21. The molecule has 0 spiro atoms. The number of carbonyl (C=O) groups is 1. The number of nitriles is 6. The van der Waals surface area contributed by atoms with Crippen LogP contribution in [0.1, 0.15) is 0 Å². The van der Waals surface area contributed by atoms with Gasteiger partial charge in [-0.2, -0.15) is 0 Å². The van der Waals surface area contributed by atoms with Crippen LogP contribution in [0.3, 0.4) is 0 Å². The first-order valence-electron chi connectivity index (χ1n) is 3.51. The minimum absolute atomic E-state index is 0. The zero-order valence-corrected chi connectivity index (χ0v) is 11.2. The van der Waals surface area contributed by atoms with Crippen LogP contribution >= 0.6 is 0 Å². The summed E-state index contributed by atoms with van der Waals surface area (Å²) in [6, 6.07) is 0. The maximum absolute atomic E-state index is 9.14. The van der Waals surface area contributed by atoms with Crippen molar-refractivity contribution >= 4 is 5.97 Å². The molecule has 0 unspecified atom stereocenters. The van der Waals surface area contributed by atoms with E-state index in [2.05, 4.69) is 6.58 Å². The summed E-state index contributed by atoms with van der Waals surface area (Å²) >= 11 is 0. The van der Waals surface area contributed by atoms with E-state index in [0.717, 1.165) is 35.9 Å². The molecule has 0 N–H and O–H groups in total. The van der Waals surface area contributed by atoms with Gasteiger partial charge in [0.2, 0.25) is 0 Å². The van der Waals surface area contributed by atoms with Gasteiger partial charge in [-0.3, -0.25) is 0 Å². The number of carboxylic acid groups (broad SMARTS) is 1. The first-order valence-corrected chi connectivity index (χ1v) is 6.82. The maximum atomic E-state index is 9.14. The molecule has 0 heterocycles. The molecule has 0 aromatic carbocycles. The Bertz CT molecular complexity index is 527. The van der Waals surface area contributed by atoms with E-state index in [9.17, 15) is 0 Å². The van der Waals surface area contributed by atoms with E-state index in [0.29, 0.717) is 0 Å². The van der Waals surface area contributed by atoms with Crippen LogP contribution in [0.4, 0.5) is 0 Å². The number of carbonyl (C=O) groups excluding carboxylic acids is 1. The van der Waals surface area contributed by atoms with E-state index >= 15 is 0 Å². The van der Waals surface area contributed by atoms with Crippen LogP contribution in [-0.4, -0.2) is 5.97 Å². The van der Waals surface area contributed by atoms with E-state index < -0.39 is 16.7 Å². The molecular weight excluding hydrogens is 336 g/mol. The Balaban J connectivity index is -0.000000366. The summed E-state index contributed by atoms with van der Waals surface area (Å²) in [5.74, 6) is -1.23. The van der Waals surface area contributed by atoms with Crippen molar-refractivity contribution in [3.8, 4) is 29.8 Å². The summed E-state index contributed by atoms with van der Waals surface area (Å²) in [7, 11) is -6.17. The molecule has 0 aliphatic carbocycles. The van der Waals surface area contributed by atoms with Crippen molar-refractivity contribution in [3.05, 3.63) is 12.7 Å². The summed E-state index contributed by atoms with van der Waals surface area (Å²) in [4.78, 5) is 15.3. The van der Waals surface area contributed by atoms with Crippen LogP contribution in [0.2, 0.25) is 0 Å². The van der Waals surface area contributed by atoms with Crippen molar-refractivity contribution in [2.45, 2.75) is 0 Å². The number of rotatable bonds is 1. The average molecular weight is 339 g/mol. The van der Waals surface area contributed by atoms with Gasteiger partial charge in [-0.1, -0.05) is 6.58 Å². The van der Waals surface area contributed by atoms with Gasteiger partial charge in [0.25, 0.3) is 0 Å². The second-order valence-electron chi connectivity index (χ2n) is 2.32. The molecule has 19 heavy (non-hydrogen) atoms. The smallest absolute Gasteiger partial charge is 3.00 e. The first kappa shape index (κ1) is 21.5. The van der Waals surface area contributed by atoms with E-state index in [1.54, 1.807) is 0 Å². The van der Waals surface area contributed by atoms with Crippen LogP contribution in [0, 0.1) is 61.4 Å². The van der Waals surface area contributed by atoms with Gasteiger partial charge in [0.1, 0.15) is 0 Å². The second-order valence-corrected chi connectivity index (χ2v) is 7.95. The standard InChI is InChI=1S/C3H4O2.6CN.2Fe/c1-2-3(4)5;6*1-2;;/h2H,1H2,(H,4,5);;;;;;;;/q;;;;;;;-4;+3/p-1. The van der Waals surface area contributed by atoms with Gasteiger partial charge in [-0.25, -0.2) is 0 Å². The number of hydrogen-bond acceptors (Lipinski definition) is 8. The predicted molar refractivity (Wildman–Crippen MR) is 48.9 cm³/mol. The van der Waals surface area contributed by atoms with Crippen LogP contribution in [0.15, 0.2) is 12.7 Å². The molecule has 8 nitrogen and oxygen atoms in total. The van der Waals surface area contributed by atoms with E-state index in [-0.39, 0.29) is 17.1 Å². The number of nitrogens with zero attached hydrogens (tertiary/aromatic N) is 6. The predicted octanol–water partition coefficient (Wildman–Crippen LogP) is -0.982. The number of hydrogen-bond donors (Lipinski definition) is 0. The minimum atomic E-state index is -6.17. The third-order valence-corrected chi connectivity index (χ3v) is 5.06. The molecule has 0 bridgehead atoms. The molecule has 99 valence electrons. The SMILES string of the molecule is C=CC(=O)[O-].N#[C][Fe-4]([C]#N)([C]#N)([C]#N)([C]#N)[C]#N.[Fe+3]. The normalized spacial score (nSPS) is 10.8. The molecule has 0 aromatic heterocycles. The van der Waals surface area contributed by atoms with Gasteiger partial charge in [0, 0.05) is 0 Å². The van der Waals surface area contributed by atoms with Crippen molar-refractivity contribution in [2.24, 2.45) is 0 Å². The molecular formula is C9H3Fe2N6O2-2. The largest absolute Gasteiger partial charge is 3.00 e. The van der Waals surface area contributed by atoms with Crippen LogP contribution in [0.5, 0.6) is 0 Å². The molecule has 0 aliphatic heterocycles. The van der Waals surface area contributed by atoms with Crippen molar-refractivity contribution < 1.29 is 37.7 Å². The molecule has 0 amide bonds. The van der Waals surface area contributed by atoms with E-state index in [1.807, 2.05) is 0 Å². The maximum Gasteiger partial charge on any atom is 3.00 e. The fraction of sp³-hybridized carbons (Fsp3) is 0. The van der Waals surface area contributed by atoms with Gasteiger partial charge in [-0.05, 0) is 6.08 Å². The van der Waals surface area contributed by atoms with E-state index in [4.69, 9.17) is 41.5 Å². The molecule has 0 aliphatic rings. The molecule has 0 saturated heterocycles. The monoisotopic (exact) mass is 339 g/mol. The molecule has 0 saturated carbocycles. The van der Waals surface area contributed by atoms with Gasteiger partial charge >= 0.3 is 89.2 Å². The summed E-state index contributed by atoms with van der Waals surface area (Å²) in [5.41, 5.74) is 0. The molecule has 0 rings (SSSR count). The first-order chi connectivity index (χ1) is 8.24. The molecule has 10 heteroatoms. The van der Waals surface area contributed by atoms with E-state index in [1.165, 1.54) is 0 Å². The fourth-order valence-electron chi connectivity index (χ4n) is 0.265. The third kappa shape index (κ3) is 3.10. The van der Waals surface area contributed by atoms with Crippen molar-refractivity contribution in [1.29, 1.82) is 31.6 Å². The Morgan fingerprint density at radius 1 is 0.895 bits per heavy atom. The minimum Gasteiger partial charge on any atom is 3.00 e. The zero-order valence-electron chi connectivity index (χ0n) is 8.99. The molecule has 1 radical (unpaired) electrons. The molecule has 0 fully saturated rings. The Morgan fingerprint density at radius 2 is 1.05 bits per heavy atom. The summed E-state index contributed by atoms with van der Waals surface area (Å²) in [6.45, 7) is 2.90. The van der Waals surface area contributed by atoms with Gasteiger partial charge < -0.3 is 9.90 Å². The topological polar surface area (TPSA) is 183 Å². The Morgan fingerprint density at radius 3 is 1.05 bits per heavy atom. The van der Waals surface area contributed by atoms with Crippen LogP contribution in [-0.2, 0) is 32.6 Å². The van der Waals surface area contributed by atoms with Crippen molar-refractivity contribution in [3.63, 3.8) is 0 Å². The third-order valence-electron chi connectivity index (χ3n) is 1.35. The van der Waals surface area contributed by atoms with Crippen molar-refractivity contribution in [1.82, 2.24) is 0 Å². The summed E-state index contributed by atoms with van der Waals surface area (Å²) in [5, 5.41) is 60.6. The van der Waals surface area contributed by atoms with Gasteiger partial charge in [0.15, 0.2) is 0 Å². The number of aliphatic carboxylic acids is 1. The molecule has 0 atom stereocenters. The number of carboxylic acids is 1. The van der Waals surface area contributed by atoms with Crippen molar-refractivity contribution in [2.75, 3.05) is 0 Å². The summed E-state index contributed by atoms with van der Waals surface area (Å²) < 4.78 is 0. The van der Waals surface area contributed by atoms with Gasteiger partial charge in [0.05, 0.1) is 5.97 Å². The zero-order chi connectivity index (χ0) is 14.9. The van der Waals surface area contributed by atoms with Gasteiger partial charge in [-0.15, -0.1) is 0 Å². The Kier molecular flexibility index (Phi) is 7.02. The average Bonchev–Trinajstić information content (AvgIpc) is 2.46. The fourth-order valence-corrected chi connectivity index (χ4v) is 1.09. The summed E-state index contributed by atoms with van der Waals surface area (Å²) in [6.07, 6.45) is 0.722. The molecule has 0 aromatic rings. The van der Waals surface area contributed by atoms with Crippen LogP contribution in [0.25, 0.3) is 0 Å².